The van der Waals surface area contributed by atoms with E-state index in [4.69, 9.17) is 5.73 Å². The molecule has 0 saturated heterocycles. The lowest BCUT2D eigenvalue weighted by Gasteiger charge is -1.95. The monoisotopic (exact) mass is 228 g/mol. The molecule has 0 bridgehead atoms. The molecule has 3 rings (SSSR count). The minimum atomic E-state index is 0.694. The second kappa shape index (κ2) is 3.53. The Morgan fingerprint density at radius 2 is 1.75 bits per heavy atom. The smallest absolute Gasteiger partial charge is 0.190 e. The summed E-state index contributed by atoms with van der Waals surface area (Å²) in [6.07, 6.45) is 3.32. The van der Waals surface area contributed by atoms with Crippen molar-refractivity contribution < 1.29 is 0 Å². The maximum atomic E-state index is 5.64. The number of aromatic nitrogens is 3. The number of anilines is 1. The van der Waals surface area contributed by atoms with Gasteiger partial charge in [0.05, 0.1) is 0 Å². The Hall–Kier alpha value is -2.01. The maximum absolute atomic E-state index is 5.64. The number of hydrogen-bond donors (Lipinski definition) is 1. The minimum Gasteiger partial charge on any atom is -0.399 e. The van der Waals surface area contributed by atoms with E-state index in [2.05, 4.69) is 15.0 Å². The number of benzene rings is 1. The van der Waals surface area contributed by atoms with Crippen LogP contribution in [0, 0.1) is 0 Å². The zero-order valence-electron chi connectivity index (χ0n) is 8.29. The number of nitrogen functional groups attached to an aromatic ring is 1. The van der Waals surface area contributed by atoms with Crippen LogP contribution in [0.3, 0.4) is 0 Å². The fourth-order valence-electron chi connectivity index (χ4n) is 1.43. The molecule has 0 aliphatic heterocycles. The van der Waals surface area contributed by atoms with Crippen molar-refractivity contribution in [1.29, 1.82) is 0 Å². The third-order valence-corrected chi connectivity index (χ3v) is 3.21. The van der Waals surface area contributed by atoms with E-state index in [-0.39, 0.29) is 0 Å². The molecule has 0 unspecified atom stereocenters. The quantitative estimate of drug-likeness (QED) is 0.649. The molecule has 3 aromatic rings. The Labute approximate surface area is 95.8 Å². The lowest BCUT2D eigenvalue weighted by molar-refractivity contribution is 1.26. The second-order valence-electron chi connectivity index (χ2n) is 3.33. The van der Waals surface area contributed by atoms with Crippen molar-refractivity contribution in [3.05, 3.63) is 36.7 Å². The molecule has 1 aromatic carbocycles. The van der Waals surface area contributed by atoms with Crippen LogP contribution >= 0.6 is 11.3 Å². The van der Waals surface area contributed by atoms with Crippen LogP contribution in [-0.4, -0.2) is 15.0 Å². The Bertz CT molecular complexity index is 597. The topological polar surface area (TPSA) is 64.7 Å². The summed E-state index contributed by atoms with van der Waals surface area (Å²) in [4.78, 5) is 13.6. The van der Waals surface area contributed by atoms with Crippen molar-refractivity contribution in [1.82, 2.24) is 15.0 Å². The molecular weight excluding hydrogens is 220 g/mol. The van der Waals surface area contributed by atoms with E-state index in [9.17, 15) is 0 Å². The molecule has 5 heteroatoms. The van der Waals surface area contributed by atoms with Crippen molar-refractivity contribution in [3.63, 3.8) is 0 Å². The lowest BCUT2D eigenvalue weighted by atomic mass is 10.2. The zero-order valence-corrected chi connectivity index (χ0v) is 9.11. The van der Waals surface area contributed by atoms with Gasteiger partial charge in [-0.25, -0.2) is 15.0 Å². The zero-order chi connectivity index (χ0) is 11.0. The number of nitrogens with two attached hydrogens (primary N) is 1. The van der Waals surface area contributed by atoms with Gasteiger partial charge in [0.25, 0.3) is 0 Å². The molecule has 2 heterocycles. The Balaban J connectivity index is 2.15. The van der Waals surface area contributed by atoms with Crippen molar-refractivity contribution in [2.75, 3.05) is 5.73 Å². The second-order valence-corrected chi connectivity index (χ2v) is 4.30. The summed E-state index contributed by atoms with van der Waals surface area (Å²) < 4.78 is 0. The van der Waals surface area contributed by atoms with Crippen LogP contribution in [0.25, 0.3) is 21.0 Å². The molecule has 2 N–H and O–H groups in total. The fraction of sp³-hybridized carbons (Fsp3) is 0. The van der Waals surface area contributed by atoms with Gasteiger partial charge in [-0.3, -0.25) is 0 Å². The van der Waals surface area contributed by atoms with Crippen molar-refractivity contribution >= 4 is 27.5 Å². The summed E-state index contributed by atoms with van der Waals surface area (Å²) in [5, 5.41) is 0.918. The molecule has 2 aromatic heterocycles. The van der Waals surface area contributed by atoms with Crippen LogP contribution in [0.2, 0.25) is 0 Å². The molecule has 0 spiro atoms. The summed E-state index contributed by atoms with van der Waals surface area (Å²) in [6, 6.07) is 7.63. The van der Waals surface area contributed by atoms with Crippen molar-refractivity contribution in [2.45, 2.75) is 0 Å². The van der Waals surface area contributed by atoms with Crippen LogP contribution < -0.4 is 5.73 Å². The third-order valence-electron chi connectivity index (χ3n) is 2.20. The van der Waals surface area contributed by atoms with E-state index >= 15 is 0 Å². The highest BCUT2D eigenvalue weighted by Crippen LogP contribution is 2.27. The van der Waals surface area contributed by atoms with Crippen LogP contribution in [-0.2, 0) is 0 Å². The molecule has 4 nitrogen and oxygen atoms in total. The SMILES string of the molecule is Nc1ccc(-c2nc3nccnc3s2)cc1. The molecule has 0 atom stereocenters. The number of fused-ring (bicyclic) bond motifs is 1. The minimum absolute atomic E-state index is 0.694. The first-order valence-corrected chi connectivity index (χ1v) is 5.58. The third kappa shape index (κ3) is 1.51. The van der Waals surface area contributed by atoms with Gasteiger partial charge in [-0.05, 0) is 24.3 Å². The predicted molar refractivity (Wildman–Crippen MR) is 65.1 cm³/mol. The van der Waals surface area contributed by atoms with E-state index in [1.165, 1.54) is 11.3 Å². The average Bonchev–Trinajstić information content (AvgIpc) is 2.73. The summed E-state index contributed by atoms with van der Waals surface area (Å²) in [7, 11) is 0. The Kier molecular flexibility index (Phi) is 2.04. The molecule has 16 heavy (non-hydrogen) atoms. The summed E-state index contributed by atoms with van der Waals surface area (Å²) in [6.45, 7) is 0. The van der Waals surface area contributed by atoms with Crippen molar-refractivity contribution in [2.24, 2.45) is 0 Å². The van der Waals surface area contributed by atoms with Gasteiger partial charge in [-0.2, -0.15) is 0 Å². The maximum Gasteiger partial charge on any atom is 0.190 e. The largest absolute Gasteiger partial charge is 0.399 e. The molecule has 78 valence electrons. The fourth-order valence-corrected chi connectivity index (χ4v) is 2.30. The van der Waals surface area contributed by atoms with Gasteiger partial charge < -0.3 is 5.73 Å². The molecule has 0 saturated carbocycles. The average molecular weight is 228 g/mol. The van der Waals surface area contributed by atoms with Gasteiger partial charge in [-0.1, -0.05) is 11.3 Å². The number of rotatable bonds is 1. The van der Waals surface area contributed by atoms with Crippen LogP contribution in [0.15, 0.2) is 36.7 Å². The van der Waals surface area contributed by atoms with E-state index < -0.39 is 0 Å². The van der Waals surface area contributed by atoms with Gasteiger partial charge in [0.1, 0.15) is 5.01 Å². The Morgan fingerprint density at radius 3 is 2.50 bits per heavy atom. The molecule has 0 aliphatic rings. The van der Waals surface area contributed by atoms with Gasteiger partial charge in [0.15, 0.2) is 10.5 Å². The van der Waals surface area contributed by atoms with Gasteiger partial charge in [0, 0.05) is 23.6 Å². The number of thiazole rings is 1. The molecule has 0 radical (unpaired) electrons. The summed E-state index contributed by atoms with van der Waals surface area (Å²) in [5.41, 5.74) is 8.12. The lowest BCUT2D eigenvalue weighted by Crippen LogP contribution is -1.83. The predicted octanol–water partition coefficient (Wildman–Crippen LogP) is 2.34. The standard InChI is InChI=1S/C11H8N4S/c12-8-3-1-7(2-4-8)10-15-9-11(16-10)14-6-5-13-9/h1-6H,12H2. The van der Waals surface area contributed by atoms with E-state index in [1.807, 2.05) is 24.3 Å². The normalized spacial score (nSPS) is 10.8. The van der Waals surface area contributed by atoms with Crippen LogP contribution in [0.4, 0.5) is 5.69 Å². The molecular formula is C11H8N4S. The Morgan fingerprint density at radius 1 is 1.00 bits per heavy atom. The molecule has 0 amide bonds. The summed E-state index contributed by atoms with van der Waals surface area (Å²) >= 11 is 1.53. The van der Waals surface area contributed by atoms with E-state index in [0.29, 0.717) is 5.65 Å². The highest BCUT2D eigenvalue weighted by molar-refractivity contribution is 7.21. The molecule has 0 fully saturated rings. The van der Waals surface area contributed by atoms with E-state index in [0.717, 1.165) is 21.1 Å². The first-order chi connectivity index (χ1) is 7.83. The highest BCUT2D eigenvalue weighted by Gasteiger charge is 2.06. The van der Waals surface area contributed by atoms with Gasteiger partial charge >= 0.3 is 0 Å². The summed E-state index contributed by atoms with van der Waals surface area (Å²) in [5.74, 6) is 0. The number of hydrogen-bond acceptors (Lipinski definition) is 5. The van der Waals surface area contributed by atoms with Crippen molar-refractivity contribution in [3.8, 4) is 10.6 Å². The highest BCUT2D eigenvalue weighted by atomic mass is 32.1. The van der Waals surface area contributed by atoms with Gasteiger partial charge in [-0.15, -0.1) is 0 Å². The first kappa shape index (κ1) is 9.23. The van der Waals surface area contributed by atoms with Gasteiger partial charge in [0.2, 0.25) is 0 Å². The van der Waals surface area contributed by atoms with Crippen LogP contribution in [0.1, 0.15) is 0 Å². The molecule has 0 aliphatic carbocycles. The van der Waals surface area contributed by atoms with Crippen LogP contribution in [0.5, 0.6) is 0 Å². The number of nitrogens with zero attached hydrogens (tertiary/aromatic N) is 3. The first-order valence-electron chi connectivity index (χ1n) is 4.76. The van der Waals surface area contributed by atoms with E-state index in [1.54, 1.807) is 12.4 Å².